The maximum absolute atomic E-state index is 12.9. The molecule has 0 aliphatic carbocycles. The van der Waals surface area contributed by atoms with Crippen molar-refractivity contribution < 1.29 is 31.3 Å². The van der Waals surface area contributed by atoms with E-state index < -0.39 is 37.3 Å². The summed E-state index contributed by atoms with van der Waals surface area (Å²) in [5.74, 6) is -0.571. The quantitative estimate of drug-likeness (QED) is 0.459. The molecule has 2 aromatic rings. The highest BCUT2D eigenvalue weighted by Gasteiger charge is 2.35. The number of para-hydroxylation sites is 1. The molecular weight excluding hydrogens is 463 g/mol. The first-order valence-electron chi connectivity index (χ1n) is 10.1. The van der Waals surface area contributed by atoms with Crippen LogP contribution in [0.1, 0.15) is 30.4 Å². The molecule has 1 saturated heterocycles. The van der Waals surface area contributed by atoms with Crippen LogP contribution >= 0.6 is 0 Å². The third-order valence-corrected chi connectivity index (χ3v) is 7.50. The molecule has 0 saturated carbocycles. The van der Waals surface area contributed by atoms with Gasteiger partial charge in [-0.05, 0) is 29.7 Å². The number of piperazine rings is 1. The number of rotatable bonds is 6. The van der Waals surface area contributed by atoms with Crippen molar-refractivity contribution in [1.82, 2.24) is 9.21 Å². The van der Waals surface area contributed by atoms with E-state index in [0.717, 1.165) is 22.5 Å². The molecule has 0 aromatic heterocycles. The summed E-state index contributed by atoms with van der Waals surface area (Å²) in [7, 11) is -4.11. The molecule has 3 rings (SSSR count). The van der Waals surface area contributed by atoms with Gasteiger partial charge in [-0.2, -0.15) is 17.5 Å². The zero-order valence-corrected chi connectivity index (χ0v) is 18.5. The van der Waals surface area contributed by atoms with Crippen LogP contribution in [0.4, 0.5) is 18.9 Å². The number of hydrogen-bond acceptors (Lipinski definition) is 5. The summed E-state index contributed by atoms with van der Waals surface area (Å²) in [6.45, 7) is 1.91. The largest absolute Gasteiger partial charge is 0.416 e. The highest BCUT2D eigenvalue weighted by Crippen LogP contribution is 2.31. The first kappa shape index (κ1) is 24.6. The van der Waals surface area contributed by atoms with Crippen molar-refractivity contribution in [3.63, 3.8) is 0 Å². The predicted molar refractivity (Wildman–Crippen MR) is 113 cm³/mol. The standard InChI is InChI=1S/C21H22F3N3O5S/c1-15(16-6-8-17(9-7-16)21(22,23)24)14-20(28)25-10-12-26(13-11-25)33(31,32)19-5-3-2-4-18(19)27(29)30/h2-9,15H,10-14H2,1H3. The predicted octanol–water partition coefficient (Wildman–Crippen LogP) is 3.64. The van der Waals surface area contributed by atoms with E-state index in [0.29, 0.717) is 5.56 Å². The number of nitro benzene ring substituents is 1. The monoisotopic (exact) mass is 485 g/mol. The highest BCUT2D eigenvalue weighted by atomic mass is 32.2. The molecular formula is C21H22F3N3O5S. The Morgan fingerprint density at radius 2 is 1.64 bits per heavy atom. The first-order valence-corrected chi connectivity index (χ1v) is 11.5. The topological polar surface area (TPSA) is 101 Å². The fourth-order valence-corrected chi connectivity index (χ4v) is 5.23. The smallest absolute Gasteiger partial charge is 0.340 e. The number of nitro groups is 1. The van der Waals surface area contributed by atoms with Gasteiger partial charge in [-0.25, -0.2) is 8.42 Å². The number of carbonyl (C=O) groups excluding carboxylic acids is 1. The molecule has 1 aliphatic heterocycles. The molecule has 1 unspecified atom stereocenters. The van der Waals surface area contributed by atoms with E-state index in [1.54, 1.807) is 6.92 Å². The molecule has 0 radical (unpaired) electrons. The Hall–Kier alpha value is -2.99. The molecule has 12 heteroatoms. The molecule has 0 spiro atoms. The lowest BCUT2D eigenvalue weighted by Gasteiger charge is -2.34. The minimum Gasteiger partial charge on any atom is -0.340 e. The minimum absolute atomic E-state index is 0.0191. The summed E-state index contributed by atoms with van der Waals surface area (Å²) in [5, 5.41) is 11.2. The van der Waals surface area contributed by atoms with E-state index in [9.17, 15) is 36.5 Å². The lowest BCUT2D eigenvalue weighted by Crippen LogP contribution is -2.50. The average Bonchev–Trinajstić information content (AvgIpc) is 2.78. The maximum Gasteiger partial charge on any atom is 0.416 e. The third-order valence-electron chi connectivity index (χ3n) is 5.56. The Morgan fingerprint density at radius 1 is 1.06 bits per heavy atom. The van der Waals surface area contributed by atoms with Gasteiger partial charge in [0.15, 0.2) is 4.90 Å². The molecule has 8 nitrogen and oxygen atoms in total. The molecule has 0 bridgehead atoms. The Balaban J connectivity index is 1.61. The zero-order chi connectivity index (χ0) is 24.4. The summed E-state index contributed by atoms with van der Waals surface area (Å²) in [6, 6.07) is 9.72. The third kappa shape index (κ3) is 5.50. The van der Waals surface area contributed by atoms with E-state index in [4.69, 9.17) is 0 Å². The molecule has 0 N–H and O–H groups in total. The van der Waals surface area contributed by atoms with Crippen molar-refractivity contribution in [2.75, 3.05) is 26.2 Å². The number of sulfonamides is 1. The molecule has 1 heterocycles. The van der Waals surface area contributed by atoms with Gasteiger partial charge in [-0.3, -0.25) is 14.9 Å². The lowest BCUT2D eigenvalue weighted by atomic mass is 9.96. The maximum atomic E-state index is 12.9. The lowest BCUT2D eigenvalue weighted by molar-refractivity contribution is -0.387. The molecule has 33 heavy (non-hydrogen) atoms. The fourth-order valence-electron chi connectivity index (χ4n) is 3.65. The Kier molecular flexibility index (Phi) is 7.08. The van der Waals surface area contributed by atoms with Gasteiger partial charge in [0.25, 0.3) is 5.69 Å². The average molecular weight is 485 g/mol. The van der Waals surface area contributed by atoms with Crippen molar-refractivity contribution in [1.29, 1.82) is 0 Å². The van der Waals surface area contributed by atoms with Gasteiger partial charge in [0, 0.05) is 38.7 Å². The van der Waals surface area contributed by atoms with Crippen LogP contribution in [0.25, 0.3) is 0 Å². The van der Waals surface area contributed by atoms with Gasteiger partial charge in [0.1, 0.15) is 0 Å². The molecule has 178 valence electrons. The summed E-state index contributed by atoms with van der Waals surface area (Å²) >= 11 is 0. The van der Waals surface area contributed by atoms with Crippen LogP contribution in [-0.2, 0) is 21.0 Å². The van der Waals surface area contributed by atoms with E-state index in [-0.39, 0.29) is 44.4 Å². The summed E-state index contributed by atoms with van der Waals surface area (Å²) in [4.78, 5) is 24.2. The second-order valence-electron chi connectivity index (χ2n) is 7.73. The van der Waals surface area contributed by atoms with Crippen LogP contribution in [0.3, 0.4) is 0 Å². The summed E-state index contributed by atoms with van der Waals surface area (Å²) < 4.78 is 65.0. The number of carbonyl (C=O) groups is 1. The van der Waals surface area contributed by atoms with Gasteiger partial charge in [0.2, 0.25) is 15.9 Å². The van der Waals surface area contributed by atoms with Crippen molar-refractivity contribution >= 4 is 21.6 Å². The number of alkyl halides is 3. The van der Waals surface area contributed by atoms with Gasteiger partial charge in [0.05, 0.1) is 10.5 Å². The Labute approximate surface area is 188 Å². The molecule has 1 fully saturated rings. The van der Waals surface area contributed by atoms with Crippen LogP contribution in [0.15, 0.2) is 53.4 Å². The number of halogens is 3. The second-order valence-corrected chi connectivity index (χ2v) is 9.64. The van der Waals surface area contributed by atoms with E-state index >= 15 is 0 Å². The SMILES string of the molecule is CC(CC(=O)N1CCN(S(=O)(=O)c2ccccc2[N+](=O)[O-])CC1)c1ccc(C(F)(F)F)cc1. The minimum atomic E-state index is -4.43. The van der Waals surface area contributed by atoms with Crippen LogP contribution in [0, 0.1) is 10.1 Å². The van der Waals surface area contributed by atoms with Gasteiger partial charge < -0.3 is 4.90 Å². The van der Waals surface area contributed by atoms with Gasteiger partial charge in [-0.15, -0.1) is 0 Å². The summed E-state index contributed by atoms with van der Waals surface area (Å²) in [6.07, 6.45) is -4.37. The van der Waals surface area contributed by atoms with Gasteiger partial charge >= 0.3 is 6.18 Å². The molecule has 1 amide bonds. The Morgan fingerprint density at radius 3 is 2.18 bits per heavy atom. The van der Waals surface area contributed by atoms with E-state index in [1.165, 1.54) is 35.2 Å². The van der Waals surface area contributed by atoms with Crippen LogP contribution < -0.4 is 0 Å². The molecule has 2 aromatic carbocycles. The fraction of sp³-hybridized carbons (Fsp3) is 0.381. The van der Waals surface area contributed by atoms with Crippen LogP contribution in [-0.4, -0.2) is 54.6 Å². The Bertz CT molecular complexity index is 1130. The number of amides is 1. The van der Waals surface area contributed by atoms with Crippen molar-refractivity contribution in [2.45, 2.75) is 30.3 Å². The zero-order valence-electron chi connectivity index (χ0n) is 17.7. The normalized spacial score (nSPS) is 16.4. The number of hydrogen-bond donors (Lipinski definition) is 0. The summed E-state index contributed by atoms with van der Waals surface area (Å²) in [5.41, 5.74) is -0.684. The number of nitrogens with zero attached hydrogens (tertiary/aromatic N) is 3. The van der Waals surface area contributed by atoms with Crippen molar-refractivity contribution in [3.05, 3.63) is 69.8 Å². The van der Waals surface area contributed by atoms with E-state index in [2.05, 4.69) is 0 Å². The van der Waals surface area contributed by atoms with Gasteiger partial charge in [-0.1, -0.05) is 31.2 Å². The van der Waals surface area contributed by atoms with Crippen LogP contribution in [0.5, 0.6) is 0 Å². The number of benzene rings is 2. The van der Waals surface area contributed by atoms with Crippen LogP contribution in [0.2, 0.25) is 0 Å². The van der Waals surface area contributed by atoms with Crippen molar-refractivity contribution in [2.24, 2.45) is 0 Å². The second kappa shape index (κ2) is 9.48. The molecule has 1 atom stereocenters. The van der Waals surface area contributed by atoms with E-state index in [1.807, 2.05) is 0 Å². The first-order chi connectivity index (χ1) is 15.4. The molecule has 1 aliphatic rings. The van der Waals surface area contributed by atoms with Crippen molar-refractivity contribution in [3.8, 4) is 0 Å². The highest BCUT2D eigenvalue weighted by molar-refractivity contribution is 7.89.